The minimum absolute atomic E-state index is 0.0612. The number of anilines is 1. The first kappa shape index (κ1) is 19.3. The Morgan fingerprint density at radius 1 is 1.21 bits per heavy atom. The van der Waals surface area contributed by atoms with E-state index in [-0.39, 0.29) is 41.1 Å². The Hall–Kier alpha value is -3.04. The molecule has 152 valence electrons. The monoisotopic (exact) mass is 420 g/mol. The number of hydrogen-bond donors (Lipinski definition) is 6. The fourth-order valence-corrected chi connectivity index (χ4v) is 4.88. The van der Waals surface area contributed by atoms with Gasteiger partial charge in [-0.1, -0.05) is 11.6 Å². The first-order valence-corrected chi connectivity index (χ1v) is 9.15. The Balaban J connectivity index is 1.92. The van der Waals surface area contributed by atoms with Crippen molar-refractivity contribution in [2.75, 3.05) is 5.73 Å². The van der Waals surface area contributed by atoms with Crippen molar-refractivity contribution in [3.63, 3.8) is 0 Å². The van der Waals surface area contributed by atoms with E-state index in [0.717, 1.165) is 0 Å². The van der Waals surface area contributed by atoms with Gasteiger partial charge in [0.1, 0.15) is 17.1 Å². The predicted octanol–water partition coefficient (Wildman–Crippen LogP) is 0.816. The summed E-state index contributed by atoms with van der Waals surface area (Å²) in [6.45, 7) is 0. The summed E-state index contributed by atoms with van der Waals surface area (Å²) in [5.74, 6) is -6.90. The number of primary amides is 1. The van der Waals surface area contributed by atoms with E-state index in [1.807, 2.05) is 0 Å². The lowest BCUT2D eigenvalue weighted by atomic mass is 9.60. The molecule has 8 N–H and O–H groups in total. The largest absolute Gasteiger partial charge is 0.511 e. The van der Waals surface area contributed by atoms with E-state index < -0.39 is 57.8 Å². The van der Waals surface area contributed by atoms with Crippen LogP contribution in [0, 0.1) is 11.8 Å². The number of rotatable bonds is 1. The van der Waals surface area contributed by atoms with Crippen molar-refractivity contribution in [2.45, 2.75) is 24.9 Å². The van der Waals surface area contributed by atoms with Gasteiger partial charge < -0.3 is 31.9 Å². The zero-order valence-electron chi connectivity index (χ0n) is 14.9. The second-order valence-corrected chi connectivity index (χ2v) is 7.97. The second-order valence-electron chi connectivity index (χ2n) is 7.57. The number of phenols is 1. The Morgan fingerprint density at radius 2 is 1.86 bits per heavy atom. The van der Waals surface area contributed by atoms with Gasteiger partial charge in [0.2, 0.25) is 5.78 Å². The van der Waals surface area contributed by atoms with E-state index in [2.05, 4.69) is 0 Å². The summed E-state index contributed by atoms with van der Waals surface area (Å²) in [5, 5.41) is 42.3. The number of hydrogen-bond acceptors (Lipinski definition) is 8. The van der Waals surface area contributed by atoms with Crippen LogP contribution >= 0.6 is 11.6 Å². The Bertz CT molecular complexity index is 1090. The van der Waals surface area contributed by atoms with Crippen molar-refractivity contribution in [1.29, 1.82) is 0 Å². The number of nitrogen functional groups attached to an aromatic ring is 1. The fraction of sp³-hybridized carbons (Fsp3) is 0.316. The second kappa shape index (κ2) is 5.98. The van der Waals surface area contributed by atoms with Gasteiger partial charge in [0.25, 0.3) is 5.91 Å². The van der Waals surface area contributed by atoms with Crippen LogP contribution in [-0.2, 0) is 16.0 Å². The number of phenolic OH excluding ortho intramolecular Hbond substituents is 1. The molecular formula is C19H17ClN2O7. The third kappa shape index (κ3) is 2.34. The minimum Gasteiger partial charge on any atom is -0.511 e. The van der Waals surface area contributed by atoms with Crippen molar-refractivity contribution >= 4 is 34.8 Å². The highest BCUT2D eigenvalue weighted by Gasteiger charge is 2.59. The molecule has 3 atom stereocenters. The van der Waals surface area contributed by atoms with Crippen LogP contribution in [0.25, 0.3) is 0 Å². The average Bonchev–Trinajstić information content (AvgIpc) is 2.62. The lowest BCUT2D eigenvalue weighted by Gasteiger charge is -2.45. The highest BCUT2D eigenvalue weighted by atomic mass is 35.5. The lowest BCUT2D eigenvalue weighted by Crippen LogP contribution is -2.57. The molecule has 0 fully saturated rings. The number of Topliss-reactive ketones (excluding diaryl/α,β-unsaturated/α-hetero) is 2. The third-order valence-corrected chi connectivity index (χ3v) is 6.35. The molecule has 9 nitrogen and oxygen atoms in total. The highest BCUT2D eigenvalue weighted by Crippen LogP contribution is 2.52. The maximum absolute atomic E-state index is 13.1. The number of fused-ring (bicyclic) bond motifs is 3. The number of nitrogens with two attached hydrogens (primary N) is 2. The molecule has 0 saturated heterocycles. The van der Waals surface area contributed by atoms with Crippen LogP contribution in [0.5, 0.6) is 5.75 Å². The molecule has 0 saturated carbocycles. The van der Waals surface area contributed by atoms with Gasteiger partial charge in [0.15, 0.2) is 17.1 Å². The van der Waals surface area contributed by atoms with Gasteiger partial charge >= 0.3 is 0 Å². The molecule has 29 heavy (non-hydrogen) atoms. The standard InChI is InChI=1S/C19H17ClN2O7/c20-8-3-6-1-5-2-7-4-9(23)12(18(22)28)17(27)19(7,29)16(26)11(5)14(24)10(6)15(25)13(8)21/h3,5,7,23,25-26,29H,1-2,4,21H2,(H2,22,28)/t5-,7-,19-/m0/s1. The number of halogens is 1. The maximum Gasteiger partial charge on any atom is 0.255 e. The Kier molecular flexibility index (Phi) is 3.97. The number of aliphatic hydroxyl groups is 3. The molecule has 1 aromatic rings. The molecule has 1 aromatic carbocycles. The zero-order chi connectivity index (χ0) is 21.4. The van der Waals surface area contributed by atoms with Gasteiger partial charge in [-0.3, -0.25) is 14.4 Å². The van der Waals surface area contributed by atoms with E-state index in [1.54, 1.807) is 0 Å². The van der Waals surface area contributed by atoms with Gasteiger partial charge in [-0.15, -0.1) is 0 Å². The van der Waals surface area contributed by atoms with Crippen LogP contribution < -0.4 is 11.5 Å². The minimum atomic E-state index is -2.58. The van der Waals surface area contributed by atoms with Gasteiger partial charge in [-0.05, 0) is 30.4 Å². The van der Waals surface area contributed by atoms with Gasteiger partial charge in [-0.2, -0.15) is 0 Å². The Morgan fingerprint density at radius 3 is 2.48 bits per heavy atom. The van der Waals surface area contributed by atoms with E-state index in [0.29, 0.717) is 5.56 Å². The maximum atomic E-state index is 13.1. The zero-order valence-corrected chi connectivity index (χ0v) is 15.7. The number of benzene rings is 1. The molecule has 0 aromatic heterocycles. The first-order valence-electron chi connectivity index (χ1n) is 8.77. The molecule has 3 aliphatic carbocycles. The SMILES string of the molecule is NC(=O)C1=C(O)C[C@@H]2C[C@@H]3Cc4cc(Cl)c(N)c(O)c4C(=O)C3=C(O)[C@]2(O)C1=O. The van der Waals surface area contributed by atoms with Gasteiger partial charge in [0.05, 0.1) is 16.3 Å². The normalized spacial score (nSPS) is 28.8. The van der Waals surface area contributed by atoms with Crippen molar-refractivity contribution in [3.8, 4) is 5.75 Å². The summed E-state index contributed by atoms with van der Waals surface area (Å²) in [7, 11) is 0. The molecule has 0 radical (unpaired) electrons. The molecule has 0 aliphatic heterocycles. The molecule has 0 spiro atoms. The quantitative estimate of drug-likeness (QED) is 0.219. The van der Waals surface area contributed by atoms with E-state index in [4.69, 9.17) is 23.1 Å². The molecule has 1 amide bonds. The summed E-state index contributed by atoms with van der Waals surface area (Å²) in [5.41, 5.74) is 7.24. The number of amides is 1. The summed E-state index contributed by atoms with van der Waals surface area (Å²) < 4.78 is 0. The first-order chi connectivity index (χ1) is 13.5. The molecular weight excluding hydrogens is 404 g/mol. The van der Waals surface area contributed by atoms with Crippen LogP contribution in [0.1, 0.15) is 28.8 Å². The summed E-state index contributed by atoms with van der Waals surface area (Å²) >= 11 is 5.99. The highest BCUT2D eigenvalue weighted by molar-refractivity contribution is 6.34. The topological polar surface area (TPSA) is 184 Å². The summed E-state index contributed by atoms with van der Waals surface area (Å²) in [4.78, 5) is 37.4. The van der Waals surface area contributed by atoms with Crippen molar-refractivity contribution in [3.05, 3.63) is 44.9 Å². The molecule has 0 unspecified atom stereocenters. The van der Waals surface area contributed by atoms with E-state index in [9.17, 15) is 34.8 Å². The van der Waals surface area contributed by atoms with Gasteiger partial charge in [-0.25, -0.2) is 0 Å². The summed E-state index contributed by atoms with van der Waals surface area (Å²) in [6.07, 6.45) is -0.0310. The molecule has 3 aliphatic rings. The fourth-order valence-electron chi connectivity index (χ4n) is 4.65. The number of allylic oxidation sites excluding steroid dienone is 2. The van der Waals surface area contributed by atoms with Crippen LogP contribution in [-0.4, -0.2) is 43.5 Å². The number of aliphatic hydroxyl groups excluding tert-OH is 2. The summed E-state index contributed by atoms with van der Waals surface area (Å²) in [6, 6.07) is 1.45. The van der Waals surface area contributed by atoms with Crippen LogP contribution in [0.15, 0.2) is 28.7 Å². The van der Waals surface area contributed by atoms with Crippen LogP contribution in [0.3, 0.4) is 0 Å². The van der Waals surface area contributed by atoms with Crippen molar-refractivity contribution < 1.29 is 34.8 Å². The Labute approximate surface area is 168 Å². The van der Waals surface area contributed by atoms with Crippen molar-refractivity contribution in [1.82, 2.24) is 0 Å². The van der Waals surface area contributed by atoms with E-state index in [1.165, 1.54) is 6.07 Å². The van der Waals surface area contributed by atoms with Crippen LogP contribution in [0.4, 0.5) is 5.69 Å². The van der Waals surface area contributed by atoms with Crippen molar-refractivity contribution in [2.24, 2.45) is 17.6 Å². The molecule has 0 heterocycles. The molecule has 4 rings (SSSR count). The third-order valence-electron chi connectivity index (χ3n) is 6.04. The average molecular weight is 421 g/mol. The number of aromatic hydroxyl groups is 1. The molecule has 0 bridgehead atoms. The number of carbonyl (C=O) groups is 3. The predicted molar refractivity (Wildman–Crippen MR) is 100 cm³/mol. The lowest BCUT2D eigenvalue weighted by molar-refractivity contribution is -0.144. The number of ketones is 2. The smallest absolute Gasteiger partial charge is 0.255 e. The van der Waals surface area contributed by atoms with Gasteiger partial charge in [0, 0.05) is 17.9 Å². The molecule has 10 heteroatoms. The van der Waals surface area contributed by atoms with E-state index >= 15 is 0 Å². The van der Waals surface area contributed by atoms with Crippen LogP contribution in [0.2, 0.25) is 5.02 Å². The number of carbonyl (C=O) groups excluding carboxylic acids is 3.